The van der Waals surface area contributed by atoms with Gasteiger partial charge in [0.1, 0.15) is 0 Å². The maximum absolute atomic E-state index is 2.39. The van der Waals surface area contributed by atoms with Gasteiger partial charge in [-0.2, -0.15) is 0 Å². The van der Waals surface area contributed by atoms with Gasteiger partial charge in [0.15, 0.2) is 0 Å². The van der Waals surface area contributed by atoms with Crippen LogP contribution in [0, 0.1) is 0 Å². The van der Waals surface area contributed by atoms with Crippen LogP contribution in [0.5, 0.6) is 0 Å². The molecule has 1 heteroatoms. The van der Waals surface area contributed by atoms with Crippen LogP contribution >= 0.6 is 0 Å². The van der Waals surface area contributed by atoms with Gasteiger partial charge in [-0.3, -0.25) is 0 Å². The molecule has 10 rings (SSSR count). The van der Waals surface area contributed by atoms with Gasteiger partial charge < -0.3 is 4.90 Å². The first-order chi connectivity index (χ1) is 26.3. The molecule has 0 saturated carbocycles. The molecular formula is C52H35N. The maximum atomic E-state index is 2.39. The van der Waals surface area contributed by atoms with Gasteiger partial charge >= 0.3 is 0 Å². The molecule has 10 aromatic rings. The van der Waals surface area contributed by atoms with Crippen LogP contribution in [0.25, 0.3) is 76.5 Å². The van der Waals surface area contributed by atoms with Crippen molar-refractivity contribution in [2.75, 3.05) is 4.90 Å². The molecule has 0 aliphatic rings. The Kier molecular flexibility index (Phi) is 7.55. The van der Waals surface area contributed by atoms with Crippen LogP contribution in [0.1, 0.15) is 0 Å². The second-order valence-corrected chi connectivity index (χ2v) is 13.7. The average Bonchev–Trinajstić information content (AvgIpc) is 3.24. The lowest BCUT2D eigenvalue weighted by molar-refractivity contribution is 1.28. The van der Waals surface area contributed by atoms with Crippen LogP contribution < -0.4 is 4.90 Å². The van der Waals surface area contributed by atoms with E-state index < -0.39 is 0 Å². The van der Waals surface area contributed by atoms with Crippen molar-refractivity contribution < 1.29 is 0 Å². The molecule has 0 aliphatic heterocycles. The van der Waals surface area contributed by atoms with Crippen molar-refractivity contribution in [2.45, 2.75) is 0 Å². The molecule has 0 aromatic heterocycles. The van der Waals surface area contributed by atoms with Gasteiger partial charge in [0.25, 0.3) is 0 Å². The zero-order valence-electron chi connectivity index (χ0n) is 29.2. The van der Waals surface area contributed by atoms with Gasteiger partial charge in [-0.25, -0.2) is 0 Å². The largest absolute Gasteiger partial charge is 0.311 e. The number of hydrogen-bond acceptors (Lipinski definition) is 1. The fourth-order valence-corrected chi connectivity index (χ4v) is 8.05. The third kappa shape index (κ3) is 5.51. The van der Waals surface area contributed by atoms with Gasteiger partial charge in [0.2, 0.25) is 0 Å². The third-order valence-electron chi connectivity index (χ3n) is 10.6. The van der Waals surface area contributed by atoms with Crippen molar-refractivity contribution in [3.8, 4) is 33.4 Å². The Hall–Kier alpha value is -6.96. The SMILES string of the molecule is c1ccc(-c2cc(-c3ccc(N(c4ccccc4)c4ccc(-c5cc6c7ccccc7ccc6c6ccccc56)cc4)cc3)c3ccccc3c2)cc1. The van der Waals surface area contributed by atoms with Crippen molar-refractivity contribution in [3.63, 3.8) is 0 Å². The van der Waals surface area contributed by atoms with E-state index in [1.165, 1.54) is 76.5 Å². The van der Waals surface area contributed by atoms with Crippen LogP contribution in [-0.4, -0.2) is 0 Å². The quantitative estimate of drug-likeness (QED) is 0.159. The lowest BCUT2D eigenvalue weighted by atomic mass is 9.91. The minimum Gasteiger partial charge on any atom is -0.311 e. The summed E-state index contributed by atoms with van der Waals surface area (Å²) in [6.07, 6.45) is 0. The lowest BCUT2D eigenvalue weighted by Crippen LogP contribution is -2.09. The molecule has 0 bridgehead atoms. The van der Waals surface area contributed by atoms with E-state index in [1.807, 2.05) is 0 Å². The number of hydrogen-bond donors (Lipinski definition) is 0. The predicted molar refractivity (Wildman–Crippen MR) is 227 cm³/mol. The lowest BCUT2D eigenvalue weighted by Gasteiger charge is -2.26. The van der Waals surface area contributed by atoms with Crippen LogP contribution in [0.3, 0.4) is 0 Å². The normalized spacial score (nSPS) is 11.4. The summed E-state index contributed by atoms with van der Waals surface area (Å²) in [6, 6.07) is 77.2. The topological polar surface area (TPSA) is 3.24 Å². The predicted octanol–water partition coefficient (Wildman–Crippen LogP) is 14.8. The van der Waals surface area contributed by atoms with Gasteiger partial charge in [0.05, 0.1) is 0 Å². The van der Waals surface area contributed by atoms with E-state index in [0.29, 0.717) is 0 Å². The van der Waals surface area contributed by atoms with Crippen LogP contribution in [0.4, 0.5) is 17.1 Å². The average molecular weight is 674 g/mol. The molecule has 1 nitrogen and oxygen atoms in total. The molecule has 0 fully saturated rings. The molecular weight excluding hydrogens is 639 g/mol. The Balaban J connectivity index is 1.07. The minimum atomic E-state index is 1.11. The van der Waals surface area contributed by atoms with Crippen molar-refractivity contribution in [1.29, 1.82) is 0 Å². The highest BCUT2D eigenvalue weighted by atomic mass is 15.1. The third-order valence-corrected chi connectivity index (χ3v) is 10.6. The number of fused-ring (bicyclic) bond motifs is 6. The summed E-state index contributed by atoms with van der Waals surface area (Å²) < 4.78 is 0. The molecule has 0 N–H and O–H groups in total. The Morgan fingerprint density at radius 3 is 1.40 bits per heavy atom. The fourth-order valence-electron chi connectivity index (χ4n) is 8.05. The summed E-state index contributed by atoms with van der Waals surface area (Å²) in [5.41, 5.74) is 10.7. The molecule has 0 atom stereocenters. The fraction of sp³-hybridized carbons (Fsp3) is 0. The van der Waals surface area contributed by atoms with Crippen molar-refractivity contribution >= 4 is 60.2 Å². The smallest absolute Gasteiger partial charge is 0.0462 e. The Morgan fingerprint density at radius 2 is 0.717 bits per heavy atom. The van der Waals surface area contributed by atoms with E-state index in [2.05, 4.69) is 217 Å². The van der Waals surface area contributed by atoms with E-state index in [1.54, 1.807) is 0 Å². The molecule has 0 radical (unpaired) electrons. The standard InChI is InChI=1S/C52H35N/c1-3-13-36(14-4-1)41-33-40-16-8-10-20-46(40)50(34-41)38-23-28-43(29-24-38)53(42-17-5-2-6-18-42)44-30-25-39(26-31-44)51-35-52-45-19-9-7-15-37(45)27-32-49(52)47-21-11-12-22-48(47)51/h1-35H. The molecule has 0 heterocycles. The van der Waals surface area contributed by atoms with Gasteiger partial charge in [-0.1, -0.05) is 158 Å². The van der Waals surface area contributed by atoms with E-state index in [0.717, 1.165) is 17.1 Å². The number of nitrogens with zero attached hydrogens (tertiary/aromatic N) is 1. The first kappa shape index (κ1) is 30.8. The summed E-state index contributed by atoms with van der Waals surface area (Å²) in [4.78, 5) is 2.35. The zero-order chi connectivity index (χ0) is 35.1. The monoisotopic (exact) mass is 673 g/mol. The van der Waals surface area contributed by atoms with E-state index in [4.69, 9.17) is 0 Å². The molecule has 248 valence electrons. The van der Waals surface area contributed by atoms with Crippen molar-refractivity contribution in [2.24, 2.45) is 0 Å². The Morgan fingerprint density at radius 1 is 0.226 bits per heavy atom. The molecule has 10 aromatic carbocycles. The number of rotatable bonds is 6. The molecule has 0 saturated heterocycles. The maximum Gasteiger partial charge on any atom is 0.0462 e. The first-order valence-electron chi connectivity index (χ1n) is 18.3. The second kappa shape index (κ2) is 13.0. The first-order valence-corrected chi connectivity index (χ1v) is 18.3. The van der Waals surface area contributed by atoms with Crippen LogP contribution in [0.15, 0.2) is 212 Å². The summed E-state index contributed by atoms with van der Waals surface area (Å²) in [7, 11) is 0. The zero-order valence-corrected chi connectivity index (χ0v) is 29.2. The Labute approximate surface area is 309 Å². The molecule has 0 amide bonds. The highest BCUT2D eigenvalue weighted by Crippen LogP contribution is 2.41. The van der Waals surface area contributed by atoms with Crippen molar-refractivity contribution in [3.05, 3.63) is 212 Å². The summed E-state index contributed by atoms with van der Waals surface area (Å²) >= 11 is 0. The molecule has 0 unspecified atom stereocenters. The van der Waals surface area contributed by atoms with Crippen LogP contribution in [0.2, 0.25) is 0 Å². The second-order valence-electron chi connectivity index (χ2n) is 13.7. The van der Waals surface area contributed by atoms with Crippen molar-refractivity contribution in [1.82, 2.24) is 0 Å². The highest BCUT2D eigenvalue weighted by Gasteiger charge is 2.16. The Bertz CT molecular complexity index is 2910. The van der Waals surface area contributed by atoms with E-state index in [-0.39, 0.29) is 0 Å². The van der Waals surface area contributed by atoms with Gasteiger partial charge in [0, 0.05) is 17.1 Å². The summed E-state index contributed by atoms with van der Waals surface area (Å²) in [5, 5.41) is 10.2. The van der Waals surface area contributed by atoms with Gasteiger partial charge in [-0.05, 0) is 131 Å². The number of para-hydroxylation sites is 1. The van der Waals surface area contributed by atoms with E-state index >= 15 is 0 Å². The van der Waals surface area contributed by atoms with E-state index in [9.17, 15) is 0 Å². The van der Waals surface area contributed by atoms with Crippen LogP contribution in [-0.2, 0) is 0 Å². The summed E-state index contributed by atoms with van der Waals surface area (Å²) in [6.45, 7) is 0. The molecule has 0 spiro atoms. The number of benzene rings is 10. The highest BCUT2D eigenvalue weighted by molar-refractivity contribution is 6.21. The summed E-state index contributed by atoms with van der Waals surface area (Å²) in [5.74, 6) is 0. The minimum absolute atomic E-state index is 1.11. The molecule has 0 aliphatic carbocycles. The molecule has 53 heavy (non-hydrogen) atoms. The van der Waals surface area contributed by atoms with Gasteiger partial charge in [-0.15, -0.1) is 0 Å². The number of anilines is 3.